The number of thiophene rings is 1. The summed E-state index contributed by atoms with van der Waals surface area (Å²) in [5, 5.41) is 3.27. The first-order chi connectivity index (χ1) is 8.60. The third-order valence-corrected chi connectivity index (χ3v) is 3.45. The Morgan fingerprint density at radius 1 is 1.39 bits per heavy atom. The predicted octanol–water partition coefficient (Wildman–Crippen LogP) is 1.39. The van der Waals surface area contributed by atoms with Gasteiger partial charge >= 0.3 is 5.97 Å². The van der Waals surface area contributed by atoms with Crippen LogP contribution in [0.4, 0.5) is 5.69 Å². The number of hydrogen-bond acceptors (Lipinski definition) is 5. The van der Waals surface area contributed by atoms with Crippen molar-refractivity contribution < 1.29 is 14.3 Å². The average molecular weight is 264 g/mol. The number of benzene rings is 1. The van der Waals surface area contributed by atoms with Crippen LogP contribution in [0.5, 0.6) is 0 Å². The normalized spacial score (nSPS) is 10.3. The number of carbonyl (C=O) groups is 2. The van der Waals surface area contributed by atoms with E-state index in [9.17, 15) is 9.59 Å². The number of rotatable bonds is 3. The molecule has 0 atom stereocenters. The van der Waals surface area contributed by atoms with Gasteiger partial charge in [-0.2, -0.15) is 0 Å². The fraction of sp³-hybridized carbons (Fsp3) is 0.167. The van der Waals surface area contributed by atoms with E-state index < -0.39 is 5.97 Å². The monoisotopic (exact) mass is 264 g/mol. The lowest BCUT2D eigenvalue weighted by Gasteiger charge is -2.00. The number of likely N-dealkylation sites (N-methyl/N-ethyl adjacent to an activating group) is 1. The standard InChI is InChI=1S/C12H12N2O3S/c1-14-11(15)6-17-12(16)10-5-7-4-8(13)2-3-9(7)18-10/h2-5H,6,13H2,1H3,(H,14,15). The minimum absolute atomic E-state index is 0.272. The Balaban J connectivity index is 2.15. The van der Waals surface area contributed by atoms with Gasteiger partial charge in [-0.15, -0.1) is 11.3 Å². The summed E-state index contributed by atoms with van der Waals surface area (Å²) in [4.78, 5) is 23.1. The van der Waals surface area contributed by atoms with Gasteiger partial charge in [0.05, 0.1) is 0 Å². The lowest BCUT2D eigenvalue weighted by molar-refractivity contribution is -0.123. The number of nitrogens with two attached hydrogens (primary N) is 1. The quantitative estimate of drug-likeness (QED) is 0.648. The van der Waals surface area contributed by atoms with Crippen LogP contribution in [0.3, 0.4) is 0 Å². The second-order valence-corrected chi connectivity index (χ2v) is 4.74. The Labute approximate surface area is 108 Å². The van der Waals surface area contributed by atoms with Crippen molar-refractivity contribution in [3.63, 3.8) is 0 Å². The van der Waals surface area contributed by atoms with Crippen molar-refractivity contribution >= 4 is 39.0 Å². The van der Waals surface area contributed by atoms with Crippen molar-refractivity contribution in [3.8, 4) is 0 Å². The fourth-order valence-corrected chi connectivity index (χ4v) is 2.37. The third-order valence-electron chi connectivity index (χ3n) is 2.35. The van der Waals surface area contributed by atoms with Gasteiger partial charge in [0, 0.05) is 17.4 Å². The van der Waals surface area contributed by atoms with Crippen LogP contribution in [-0.4, -0.2) is 25.5 Å². The molecular formula is C12H12N2O3S. The number of hydrogen-bond donors (Lipinski definition) is 2. The molecule has 0 aliphatic rings. The predicted molar refractivity (Wildman–Crippen MR) is 70.6 cm³/mol. The number of nitrogens with one attached hydrogen (secondary N) is 1. The van der Waals surface area contributed by atoms with E-state index in [0.29, 0.717) is 10.6 Å². The molecule has 1 amide bonds. The average Bonchev–Trinajstić information content (AvgIpc) is 2.78. The molecule has 0 unspecified atom stereocenters. The van der Waals surface area contributed by atoms with Gasteiger partial charge in [-0.25, -0.2) is 4.79 Å². The van der Waals surface area contributed by atoms with Crippen molar-refractivity contribution in [2.75, 3.05) is 19.4 Å². The van der Waals surface area contributed by atoms with E-state index in [1.165, 1.54) is 18.4 Å². The van der Waals surface area contributed by atoms with E-state index in [4.69, 9.17) is 10.5 Å². The highest BCUT2D eigenvalue weighted by molar-refractivity contribution is 7.20. The number of esters is 1. The smallest absolute Gasteiger partial charge is 0.348 e. The van der Waals surface area contributed by atoms with E-state index in [1.54, 1.807) is 18.2 Å². The fourth-order valence-electron chi connectivity index (χ4n) is 1.44. The molecular weight excluding hydrogens is 252 g/mol. The van der Waals surface area contributed by atoms with Gasteiger partial charge in [-0.1, -0.05) is 0 Å². The van der Waals surface area contributed by atoms with Gasteiger partial charge in [0.25, 0.3) is 5.91 Å². The van der Waals surface area contributed by atoms with Crippen molar-refractivity contribution in [1.82, 2.24) is 5.32 Å². The second-order valence-electron chi connectivity index (χ2n) is 3.66. The number of anilines is 1. The molecule has 0 bridgehead atoms. The Morgan fingerprint density at radius 3 is 2.89 bits per heavy atom. The van der Waals surface area contributed by atoms with Crippen LogP contribution in [0, 0.1) is 0 Å². The minimum Gasteiger partial charge on any atom is -0.451 e. The molecule has 1 aromatic heterocycles. The van der Waals surface area contributed by atoms with Crippen LogP contribution in [0.2, 0.25) is 0 Å². The molecule has 0 saturated heterocycles. The van der Waals surface area contributed by atoms with Gasteiger partial charge in [-0.05, 0) is 29.7 Å². The molecule has 3 N–H and O–H groups in total. The maximum absolute atomic E-state index is 11.7. The highest BCUT2D eigenvalue weighted by Crippen LogP contribution is 2.27. The van der Waals surface area contributed by atoms with Gasteiger partial charge in [0.2, 0.25) is 0 Å². The van der Waals surface area contributed by atoms with Crippen molar-refractivity contribution in [2.45, 2.75) is 0 Å². The zero-order valence-electron chi connectivity index (χ0n) is 9.73. The molecule has 0 aliphatic heterocycles. The first-order valence-corrected chi connectivity index (χ1v) is 6.08. The lowest BCUT2D eigenvalue weighted by atomic mass is 10.2. The van der Waals surface area contributed by atoms with Crippen molar-refractivity contribution in [1.29, 1.82) is 0 Å². The summed E-state index contributed by atoms with van der Waals surface area (Å²) in [5.41, 5.74) is 6.31. The molecule has 0 saturated carbocycles. The molecule has 1 heterocycles. The maximum Gasteiger partial charge on any atom is 0.348 e. The summed E-state index contributed by atoms with van der Waals surface area (Å²) in [6, 6.07) is 7.13. The molecule has 0 aliphatic carbocycles. The number of amides is 1. The van der Waals surface area contributed by atoms with Crippen LogP contribution in [0.25, 0.3) is 10.1 Å². The second kappa shape index (κ2) is 5.05. The number of carbonyl (C=O) groups excluding carboxylic acids is 2. The number of nitrogen functional groups attached to an aromatic ring is 1. The lowest BCUT2D eigenvalue weighted by Crippen LogP contribution is -2.24. The van der Waals surface area contributed by atoms with Crippen LogP contribution in [-0.2, 0) is 9.53 Å². The first kappa shape index (κ1) is 12.4. The molecule has 18 heavy (non-hydrogen) atoms. The topological polar surface area (TPSA) is 81.4 Å². The molecule has 1 aromatic carbocycles. The summed E-state index contributed by atoms with van der Waals surface area (Å²) in [6.45, 7) is -0.272. The highest BCUT2D eigenvalue weighted by Gasteiger charge is 2.13. The SMILES string of the molecule is CNC(=O)COC(=O)c1cc2cc(N)ccc2s1. The van der Waals surface area contributed by atoms with Crippen molar-refractivity contribution in [2.24, 2.45) is 0 Å². The summed E-state index contributed by atoms with van der Waals surface area (Å²) in [6.07, 6.45) is 0. The van der Waals surface area contributed by atoms with Gasteiger partial charge in [0.15, 0.2) is 6.61 Å². The summed E-state index contributed by atoms with van der Waals surface area (Å²) < 4.78 is 5.82. The Morgan fingerprint density at radius 2 is 2.17 bits per heavy atom. The van der Waals surface area contributed by atoms with Crippen LogP contribution >= 0.6 is 11.3 Å². The van der Waals surface area contributed by atoms with Gasteiger partial charge in [-0.3, -0.25) is 4.79 Å². The van der Waals surface area contributed by atoms with Gasteiger partial charge < -0.3 is 15.8 Å². The van der Waals surface area contributed by atoms with E-state index >= 15 is 0 Å². The van der Waals surface area contributed by atoms with Crippen LogP contribution in [0.15, 0.2) is 24.3 Å². The molecule has 0 fully saturated rings. The zero-order valence-corrected chi connectivity index (χ0v) is 10.5. The summed E-state index contributed by atoms with van der Waals surface area (Å²) >= 11 is 1.31. The van der Waals surface area contributed by atoms with Crippen LogP contribution < -0.4 is 11.1 Å². The Hall–Kier alpha value is -2.08. The maximum atomic E-state index is 11.7. The largest absolute Gasteiger partial charge is 0.451 e. The third kappa shape index (κ3) is 2.60. The molecule has 2 rings (SSSR count). The van der Waals surface area contributed by atoms with Gasteiger partial charge in [0.1, 0.15) is 4.88 Å². The summed E-state index contributed by atoms with van der Waals surface area (Å²) in [5.74, 6) is -0.841. The molecule has 2 aromatic rings. The number of fused-ring (bicyclic) bond motifs is 1. The minimum atomic E-state index is -0.502. The molecule has 6 heteroatoms. The molecule has 94 valence electrons. The van der Waals surface area contributed by atoms with E-state index in [-0.39, 0.29) is 12.5 Å². The van der Waals surface area contributed by atoms with E-state index in [0.717, 1.165) is 10.1 Å². The van der Waals surface area contributed by atoms with E-state index in [2.05, 4.69) is 5.32 Å². The summed E-state index contributed by atoms with van der Waals surface area (Å²) in [7, 11) is 1.48. The first-order valence-electron chi connectivity index (χ1n) is 5.27. The Kier molecular flexibility index (Phi) is 3.47. The highest BCUT2D eigenvalue weighted by atomic mass is 32.1. The molecule has 5 nitrogen and oxygen atoms in total. The zero-order chi connectivity index (χ0) is 13.1. The van der Waals surface area contributed by atoms with E-state index in [1.807, 2.05) is 6.07 Å². The number of ether oxygens (including phenoxy) is 1. The Bertz CT molecular complexity index is 606. The van der Waals surface area contributed by atoms with Crippen LogP contribution in [0.1, 0.15) is 9.67 Å². The molecule has 0 radical (unpaired) electrons. The molecule has 0 spiro atoms. The van der Waals surface area contributed by atoms with Crippen molar-refractivity contribution in [3.05, 3.63) is 29.1 Å².